The van der Waals surface area contributed by atoms with E-state index < -0.39 is 5.41 Å². The summed E-state index contributed by atoms with van der Waals surface area (Å²) in [6.07, 6.45) is 0.776. The predicted octanol–water partition coefficient (Wildman–Crippen LogP) is 31.2. The minimum atomic E-state index is -0.567. The van der Waals surface area contributed by atoms with Gasteiger partial charge in [-0.05, 0) is 366 Å². The van der Waals surface area contributed by atoms with E-state index in [1.54, 1.807) is 0 Å². The van der Waals surface area contributed by atoms with Crippen molar-refractivity contribution in [3.8, 4) is 50.6 Å². The molecule has 15 aromatic rings. The molecular formula is C117H113N3O3. The van der Waals surface area contributed by atoms with Crippen molar-refractivity contribution in [2.45, 2.75) is 179 Å². The predicted molar refractivity (Wildman–Crippen MR) is 515 cm³/mol. The maximum atomic E-state index is 6.77. The van der Waals surface area contributed by atoms with Crippen molar-refractivity contribution in [1.82, 2.24) is 0 Å². The van der Waals surface area contributed by atoms with E-state index in [2.05, 4.69) is 437 Å². The van der Waals surface area contributed by atoms with Gasteiger partial charge in [-0.1, -0.05) is 230 Å². The Labute approximate surface area is 730 Å². The summed E-state index contributed by atoms with van der Waals surface area (Å²) in [5.74, 6) is 2.40. The fourth-order valence-corrected chi connectivity index (χ4v) is 20.7. The number of anilines is 9. The number of aryl methyl sites for hydroxylation is 6. The topological polar surface area (TPSA) is 37.4 Å². The average Bonchev–Trinajstić information content (AvgIpc) is 1.61. The highest BCUT2D eigenvalue weighted by atomic mass is 16.5. The van der Waals surface area contributed by atoms with Crippen LogP contribution in [0.4, 0.5) is 51.2 Å². The number of fused-ring (bicyclic) bond motifs is 9. The first-order chi connectivity index (χ1) is 59.1. The van der Waals surface area contributed by atoms with Crippen molar-refractivity contribution in [3.63, 3.8) is 0 Å². The van der Waals surface area contributed by atoms with Crippen LogP contribution in [0.5, 0.6) is 17.2 Å². The largest absolute Gasteiger partial charge is 0.489 e. The van der Waals surface area contributed by atoms with E-state index in [1.165, 1.54) is 151 Å². The second kappa shape index (κ2) is 31.5. The Hall–Kier alpha value is -12.9. The monoisotopic (exact) mass is 1610 g/mol. The van der Waals surface area contributed by atoms with Gasteiger partial charge < -0.3 is 28.9 Å². The van der Waals surface area contributed by atoms with Crippen molar-refractivity contribution < 1.29 is 14.2 Å². The third kappa shape index (κ3) is 14.0. The molecule has 6 heteroatoms. The highest BCUT2D eigenvalue weighted by Gasteiger charge is 2.41. The first kappa shape index (κ1) is 81.1. The number of ether oxygens (including phenoxy) is 3. The Balaban J connectivity index is 0.626. The van der Waals surface area contributed by atoms with E-state index in [-0.39, 0.29) is 16.2 Å². The van der Waals surface area contributed by atoms with E-state index in [0.717, 1.165) is 91.2 Å². The van der Waals surface area contributed by atoms with E-state index in [9.17, 15) is 0 Å². The van der Waals surface area contributed by atoms with Crippen LogP contribution >= 0.6 is 0 Å². The molecule has 0 aromatic heterocycles. The van der Waals surface area contributed by atoms with E-state index in [4.69, 9.17) is 14.2 Å². The maximum Gasteiger partial charge on any atom is 0.119 e. The van der Waals surface area contributed by atoms with Gasteiger partial charge in [-0.3, -0.25) is 0 Å². The number of rotatable bonds is 22. The molecule has 0 bridgehead atoms. The summed E-state index contributed by atoms with van der Waals surface area (Å²) in [7, 11) is 0. The van der Waals surface area contributed by atoms with E-state index in [0.29, 0.717) is 19.8 Å². The quantitative estimate of drug-likeness (QED) is 0.0630. The lowest BCUT2D eigenvalue weighted by atomic mass is 9.67. The molecule has 0 saturated heterocycles. The molecule has 0 aliphatic heterocycles. The molecule has 0 saturated carbocycles. The van der Waals surface area contributed by atoms with Crippen molar-refractivity contribution in [3.05, 3.63) is 425 Å². The van der Waals surface area contributed by atoms with Crippen molar-refractivity contribution >= 4 is 51.2 Å². The maximum absolute atomic E-state index is 6.77. The van der Waals surface area contributed by atoms with Gasteiger partial charge in [0.1, 0.15) is 37.1 Å². The summed E-state index contributed by atoms with van der Waals surface area (Å²) in [6.45, 7) is 44.7. The van der Waals surface area contributed by atoms with Gasteiger partial charge in [-0.15, -0.1) is 0 Å². The van der Waals surface area contributed by atoms with Crippen LogP contribution in [0.15, 0.2) is 291 Å². The fourth-order valence-electron chi connectivity index (χ4n) is 20.7. The van der Waals surface area contributed by atoms with Crippen LogP contribution in [0.25, 0.3) is 33.4 Å². The highest BCUT2D eigenvalue weighted by molar-refractivity contribution is 5.92. The van der Waals surface area contributed by atoms with Gasteiger partial charge in [0, 0.05) is 55.8 Å². The van der Waals surface area contributed by atoms with Gasteiger partial charge in [0.2, 0.25) is 0 Å². The molecule has 0 fully saturated rings. The summed E-state index contributed by atoms with van der Waals surface area (Å²) in [5, 5.41) is 0. The van der Waals surface area contributed by atoms with Crippen molar-refractivity contribution in [2.24, 2.45) is 0 Å². The van der Waals surface area contributed by atoms with Crippen LogP contribution in [-0.2, 0) is 41.5 Å². The second-order valence-electron chi connectivity index (χ2n) is 36.7. The molecule has 0 amide bonds. The SMILES string of the molecule is CCC(c1ccc(OCc2ccc(N(c3ccc4c(c3)C(C)(C)c3ccccc3-4)c3c(C)c(C)cc(C)c3C)cc2)cc1)(c1ccc(OCc2ccc(N(c3ccc4c(c3)C(C)(C)c3ccccc3-4)c3c(C)c(C)cc(C)c3C)cc2)cc1)c1ccc(OCc2ccc(N(c3ccc4c(c3)C(C)(C)c3ccccc3-4)c3c(C)c(C)cc(C)c3C)cc2)cc1. The first-order valence-electron chi connectivity index (χ1n) is 44.0. The third-order valence-corrected chi connectivity index (χ3v) is 28.5. The Morgan fingerprint density at radius 1 is 0.236 bits per heavy atom. The zero-order valence-corrected chi connectivity index (χ0v) is 75.1. The van der Waals surface area contributed by atoms with Gasteiger partial charge in [-0.25, -0.2) is 0 Å². The van der Waals surface area contributed by atoms with Crippen molar-refractivity contribution in [1.29, 1.82) is 0 Å². The van der Waals surface area contributed by atoms with Crippen LogP contribution in [0.3, 0.4) is 0 Å². The molecule has 0 unspecified atom stereocenters. The highest BCUT2D eigenvalue weighted by Crippen LogP contribution is 2.56. The number of nitrogens with zero attached hydrogens (tertiary/aromatic N) is 3. The average molecular weight is 1610 g/mol. The molecule has 15 aromatic carbocycles. The van der Waals surface area contributed by atoms with Gasteiger partial charge >= 0.3 is 0 Å². The molecule has 18 rings (SSSR count). The summed E-state index contributed by atoms with van der Waals surface area (Å²) in [5.41, 5.74) is 47.6. The summed E-state index contributed by atoms with van der Waals surface area (Å²) < 4.78 is 20.3. The minimum Gasteiger partial charge on any atom is -0.489 e. The van der Waals surface area contributed by atoms with Crippen LogP contribution in [0, 0.1) is 83.1 Å². The Kier molecular flexibility index (Phi) is 20.8. The van der Waals surface area contributed by atoms with E-state index in [1.807, 2.05) is 0 Å². The molecular weight excluding hydrogens is 1500 g/mol. The number of hydrogen-bond acceptors (Lipinski definition) is 6. The normalized spacial score (nSPS) is 13.5. The molecule has 123 heavy (non-hydrogen) atoms. The Morgan fingerprint density at radius 3 is 0.691 bits per heavy atom. The molecule has 0 radical (unpaired) electrons. The van der Waals surface area contributed by atoms with E-state index >= 15 is 0 Å². The molecule has 6 nitrogen and oxygen atoms in total. The first-order valence-corrected chi connectivity index (χ1v) is 44.0. The standard InChI is InChI=1S/C117H113N3O3/c1-20-117(87-39-54-96(55-40-87)121-69-84-33-45-90(46-34-84)118(111-78(8)72(2)63-73(3)79(111)9)93-51-60-102-99-27-21-24-30-105(99)114(14,15)108(102)66-93,88-41-56-97(57-42-88)122-70-85-35-47-91(48-36-85)119(112-80(10)74(4)64-75(5)81(112)11)94-52-61-103-100-28-22-25-31-106(100)115(16,17)109(103)67-94)89-43-58-98(59-44-89)123-71-86-37-49-92(50-38-86)120(113-82(12)76(6)65-77(7)83(113)13)95-53-62-104-101-29-23-26-32-107(101)116(18,19)110(104)68-95/h21-68H,20,69-71H2,1-19H3. The molecule has 0 heterocycles. The molecule has 0 spiro atoms. The molecule has 3 aliphatic rings. The molecule has 614 valence electrons. The summed E-state index contributed by atoms with van der Waals surface area (Å²) in [6, 6.07) is 108. The zero-order valence-electron chi connectivity index (χ0n) is 75.1. The van der Waals surface area contributed by atoms with Crippen LogP contribution < -0.4 is 28.9 Å². The lowest BCUT2D eigenvalue weighted by molar-refractivity contribution is 0.305. The van der Waals surface area contributed by atoms with Crippen LogP contribution in [0.1, 0.15) is 188 Å². The summed E-state index contributed by atoms with van der Waals surface area (Å²) >= 11 is 0. The van der Waals surface area contributed by atoms with Gasteiger partial charge in [0.05, 0.1) is 17.1 Å². The smallest absolute Gasteiger partial charge is 0.119 e. The molecule has 0 atom stereocenters. The minimum absolute atomic E-state index is 0.138. The number of benzene rings is 15. The molecule has 3 aliphatic carbocycles. The lowest BCUT2D eigenvalue weighted by Crippen LogP contribution is -2.28. The van der Waals surface area contributed by atoms with Crippen molar-refractivity contribution in [2.75, 3.05) is 14.7 Å². The lowest BCUT2D eigenvalue weighted by Gasteiger charge is -2.35. The second-order valence-corrected chi connectivity index (χ2v) is 36.7. The Bertz CT molecular complexity index is 5910. The van der Waals surface area contributed by atoms with Gasteiger partial charge in [-0.2, -0.15) is 0 Å². The summed E-state index contributed by atoms with van der Waals surface area (Å²) in [4.78, 5) is 7.43. The zero-order chi connectivity index (χ0) is 85.9. The van der Waals surface area contributed by atoms with Gasteiger partial charge in [0.15, 0.2) is 0 Å². The fraction of sp³-hybridized carbons (Fsp3) is 0.231. The van der Waals surface area contributed by atoms with Crippen LogP contribution in [-0.4, -0.2) is 0 Å². The third-order valence-electron chi connectivity index (χ3n) is 28.5. The molecule has 0 N–H and O–H groups in total. The Morgan fingerprint density at radius 2 is 0.455 bits per heavy atom. The van der Waals surface area contributed by atoms with Crippen LogP contribution in [0.2, 0.25) is 0 Å². The van der Waals surface area contributed by atoms with Gasteiger partial charge in [0.25, 0.3) is 0 Å². The number of hydrogen-bond donors (Lipinski definition) is 0.